The molecule has 1 aromatic carbocycles. The van der Waals surface area contributed by atoms with Crippen molar-refractivity contribution in [2.45, 2.75) is 70.0 Å². The molecule has 3 heterocycles. The molecule has 0 spiro atoms. The van der Waals surface area contributed by atoms with E-state index in [9.17, 15) is 4.79 Å². The topological polar surface area (TPSA) is 84.5 Å². The van der Waals surface area contributed by atoms with Gasteiger partial charge in [0.1, 0.15) is 24.1 Å². The first-order valence-corrected chi connectivity index (χ1v) is 9.47. The number of anilines is 1. The number of carbonyl (C=O) groups excluding carboxylic acids is 1. The fourth-order valence-electron chi connectivity index (χ4n) is 3.81. The van der Waals surface area contributed by atoms with Crippen molar-refractivity contribution < 1.29 is 33.2 Å². The van der Waals surface area contributed by atoms with Gasteiger partial charge in [-0.3, -0.25) is 4.79 Å². The monoisotopic (exact) mass is 413 g/mol. The van der Waals surface area contributed by atoms with E-state index in [-0.39, 0.29) is 0 Å². The molecule has 0 bridgehead atoms. The van der Waals surface area contributed by atoms with E-state index < -0.39 is 48.2 Å². The Bertz CT molecular complexity index is 784. The molecule has 8 nitrogen and oxygen atoms in total. The smallest absolute Gasteiger partial charge is 0.256 e. The third-order valence-electron chi connectivity index (χ3n) is 4.83. The SMILES string of the molecule is COc1ccc(Cl)cc1NC(=O)[C@H]1O[C@@H]2OC(C)(C)O[C@@H]2[C@H]2OC(C)(C)O[C@H]21. The van der Waals surface area contributed by atoms with Gasteiger partial charge in [-0.05, 0) is 45.9 Å². The molecule has 1 N–H and O–H groups in total. The number of rotatable bonds is 3. The number of methoxy groups -OCH3 is 1. The highest BCUT2D eigenvalue weighted by molar-refractivity contribution is 6.31. The molecule has 3 aliphatic rings. The molecule has 3 aliphatic heterocycles. The van der Waals surface area contributed by atoms with Gasteiger partial charge in [0.25, 0.3) is 5.91 Å². The van der Waals surface area contributed by atoms with Crippen LogP contribution >= 0.6 is 11.6 Å². The Morgan fingerprint density at radius 3 is 2.39 bits per heavy atom. The van der Waals surface area contributed by atoms with E-state index in [1.54, 1.807) is 45.9 Å². The average Bonchev–Trinajstić information content (AvgIpc) is 3.08. The lowest BCUT2D eigenvalue weighted by atomic mass is 9.98. The Morgan fingerprint density at radius 2 is 1.68 bits per heavy atom. The molecule has 0 unspecified atom stereocenters. The standard InChI is InChI=1S/C19H24ClNO7/c1-18(2)25-12-13(26-18)15-17(28-19(3,4)27-15)24-14(12)16(22)21-10-8-9(20)6-7-11(10)23-5/h6-8,12-15,17H,1-5H3,(H,21,22)/t12-,13+,14+,15-,17-/m1/s1. The molecular weight excluding hydrogens is 390 g/mol. The largest absolute Gasteiger partial charge is 0.495 e. The van der Waals surface area contributed by atoms with Crippen LogP contribution in [0.4, 0.5) is 5.69 Å². The van der Waals surface area contributed by atoms with Crippen LogP contribution in [0.1, 0.15) is 27.7 Å². The Morgan fingerprint density at radius 1 is 1.04 bits per heavy atom. The Hall–Kier alpha value is -1.42. The van der Waals surface area contributed by atoms with Gasteiger partial charge in [0.2, 0.25) is 0 Å². The van der Waals surface area contributed by atoms with Gasteiger partial charge in [-0.15, -0.1) is 0 Å². The summed E-state index contributed by atoms with van der Waals surface area (Å²) in [5.74, 6) is -1.66. The first-order chi connectivity index (χ1) is 13.1. The van der Waals surface area contributed by atoms with Gasteiger partial charge >= 0.3 is 0 Å². The molecule has 4 rings (SSSR count). The minimum atomic E-state index is -0.964. The molecule has 28 heavy (non-hydrogen) atoms. The fraction of sp³-hybridized carbons (Fsp3) is 0.632. The Labute approximate surface area is 168 Å². The van der Waals surface area contributed by atoms with Gasteiger partial charge in [0, 0.05) is 5.02 Å². The molecule has 5 atom stereocenters. The molecule has 1 aromatic rings. The van der Waals surface area contributed by atoms with E-state index in [1.165, 1.54) is 7.11 Å². The molecule has 1 amide bonds. The molecule has 0 aliphatic carbocycles. The number of nitrogens with one attached hydrogen (secondary N) is 1. The third-order valence-corrected chi connectivity index (χ3v) is 5.07. The van der Waals surface area contributed by atoms with Crippen molar-refractivity contribution in [2.24, 2.45) is 0 Å². The maximum absolute atomic E-state index is 13.1. The van der Waals surface area contributed by atoms with Gasteiger partial charge in [-0.25, -0.2) is 0 Å². The van der Waals surface area contributed by atoms with Gasteiger partial charge in [-0.1, -0.05) is 11.6 Å². The zero-order valence-electron chi connectivity index (χ0n) is 16.4. The molecule has 0 saturated carbocycles. The first kappa shape index (κ1) is 19.9. The Balaban J connectivity index is 1.60. The Kier molecular flexibility index (Phi) is 4.85. The lowest BCUT2D eigenvalue weighted by Crippen LogP contribution is -2.58. The highest BCUT2D eigenvalue weighted by Crippen LogP contribution is 2.44. The van der Waals surface area contributed by atoms with Crippen LogP contribution in [0.25, 0.3) is 0 Å². The predicted octanol–water partition coefficient (Wildman–Crippen LogP) is 2.68. The highest BCUT2D eigenvalue weighted by Gasteiger charge is 2.62. The van der Waals surface area contributed by atoms with Gasteiger partial charge in [0.15, 0.2) is 24.0 Å². The number of fused-ring (bicyclic) bond motifs is 3. The molecule has 154 valence electrons. The van der Waals surface area contributed by atoms with Crippen LogP contribution < -0.4 is 10.1 Å². The van der Waals surface area contributed by atoms with Crippen LogP contribution in [-0.2, 0) is 28.5 Å². The first-order valence-electron chi connectivity index (χ1n) is 9.10. The van der Waals surface area contributed by atoms with Crippen LogP contribution in [0, 0.1) is 0 Å². The average molecular weight is 414 g/mol. The minimum Gasteiger partial charge on any atom is -0.495 e. The number of hydrogen-bond acceptors (Lipinski definition) is 7. The van der Waals surface area contributed by atoms with E-state index in [4.69, 9.17) is 40.0 Å². The highest BCUT2D eigenvalue weighted by atomic mass is 35.5. The second-order valence-electron chi connectivity index (χ2n) is 7.92. The summed E-state index contributed by atoms with van der Waals surface area (Å²) in [4.78, 5) is 13.1. The molecule has 3 saturated heterocycles. The summed E-state index contributed by atoms with van der Waals surface area (Å²) in [5, 5.41) is 3.27. The van der Waals surface area contributed by atoms with Crippen LogP contribution in [0.2, 0.25) is 5.02 Å². The lowest BCUT2D eigenvalue weighted by Gasteiger charge is -2.36. The quantitative estimate of drug-likeness (QED) is 0.815. The van der Waals surface area contributed by atoms with E-state index in [0.717, 1.165) is 0 Å². The molecule has 0 radical (unpaired) electrons. The second kappa shape index (κ2) is 6.83. The van der Waals surface area contributed by atoms with E-state index >= 15 is 0 Å². The van der Waals surface area contributed by atoms with Crippen LogP contribution in [-0.4, -0.2) is 55.3 Å². The number of benzene rings is 1. The molecule has 9 heteroatoms. The van der Waals surface area contributed by atoms with Crippen LogP contribution in [0.5, 0.6) is 5.75 Å². The summed E-state index contributed by atoms with van der Waals surface area (Å²) in [7, 11) is 1.51. The summed E-state index contributed by atoms with van der Waals surface area (Å²) >= 11 is 6.05. The summed E-state index contributed by atoms with van der Waals surface area (Å²) in [6.45, 7) is 7.15. The normalized spacial score (nSPS) is 35.1. The lowest BCUT2D eigenvalue weighted by molar-refractivity contribution is -0.229. The fourth-order valence-corrected chi connectivity index (χ4v) is 3.98. The molecule has 3 fully saturated rings. The van der Waals surface area contributed by atoms with Crippen LogP contribution in [0.15, 0.2) is 18.2 Å². The van der Waals surface area contributed by atoms with Gasteiger partial charge < -0.3 is 33.7 Å². The summed E-state index contributed by atoms with van der Waals surface area (Å²) in [6, 6.07) is 4.96. The van der Waals surface area contributed by atoms with Crippen molar-refractivity contribution >= 4 is 23.2 Å². The third kappa shape index (κ3) is 3.60. The van der Waals surface area contributed by atoms with Crippen molar-refractivity contribution in [3.63, 3.8) is 0 Å². The number of carbonyl (C=O) groups is 1. The van der Waals surface area contributed by atoms with Crippen molar-refractivity contribution in [1.82, 2.24) is 0 Å². The zero-order valence-corrected chi connectivity index (χ0v) is 17.1. The summed E-state index contributed by atoms with van der Waals surface area (Å²) in [6.07, 6.45) is -3.36. The van der Waals surface area contributed by atoms with Gasteiger partial charge in [-0.2, -0.15) is 0 Å². The van der Waals surface area contributed by atoms with E-state index in [2.05, 4.69) is 5.32 Å². The van der Waals surface area contributed by atoms with E-state index in [1.807, 2.05) is 0 Å². The predicted molar refractivity (Wildman–Crippen MR) is 99.2 cm³/mol. The maximum Gasteiger partial charge on any atom is 0.256 e. The molecular formula is C19H24ClNO7. The van der Waals surface area contributed by atoms with Crippen molar-refractivity contribution in [3.05, 3.63) is 23.2 Å². The molecule has 0 aromatic heterocycles. The summed E-state index contributed by atoms with van der Waals surface area (Å²) < 4.78 is 35.0. The van der Waals surface area contributed by atoms with Crippen LogP contribution in [0.3, 0.4) is 0 Å². The number of halogens is 1. The number of ether oxygens (including phenoxy) is 6. The summed E-state index contributed by atoms with van der Waals surface area (Å²) in [5.41, 5.74) is 0.435. The number of hydrogen-bond donors (Lipinski definition) is 1. The maximum atomic E-state index is 13.1. The van der Waals surface area contributed by atoms with Crippen molar-refractivity contribution in [2.75, 3.05) is 12.4 Å². The zero-order chi connectivity index (χ0) is 20.3. The van der Waals surface area contributed by atoms with E-state index in [0.29, 0.717) is 16.5 Å². The van der Waals surface area contributed by atoms with Gasteiger partial charge in [0.05, 0.1) is 12.8 Å². The van der Waals surface area contributed by atoms with Crippen molar-refractivity contribution in [3.8, 4) is 5.75 Å². The number of amides is 1. The second-order valence-corrected chi connectivity index (χ2v) is 8.36. The minimum absolute atomic E-state index is 0.413. The van der Waals surface area contributed by atoms with Crippen molar-refractivity contribution in [1.29, 1.82) is 0 Å².